The molecule has 0 radical (unpaired) electrons. The molecule has 0 unspecified atom stereocenters. The lowest BCUT2D eigenvalue weighted by Gasteiger charge is -2.11. The van der Waals surface area contributed by atoms with Gasteiger partial charge in [0.2, 0.25) is 5.89 Å². The molecule has 0 aliphatic carbocycles. The quantitative estimate of drug-likeness (QED) is 0.308. The molecule has 6 nitrogen and oxygen atoms in total. The Kier molecular flexibility index (Phi) is 8.31. The van der Waals surface area contributed by atoms with Gasteiger partial charge in [-0.15, -0.1) is 24.0 Å². The van der Waals surface area contributed by atoms with E-state index in [0.29, 0.717) is 18.9 Å². The Morgan fingerprint density at radius 3 is 2.56 bits per heavy atom. The summed E-state index contributed by atoms with van der Waals surface area (Å²) in [6.45, 7) is 2.34. The molecule has 144 valence electrons. The highest BCUT2D eigenvalue weighted by molar-refractivity contribution is 14.0. The van der Waals surface area contributed by atoms with Crippen LogP contribution in [0.1, 0.15) is 5.69 Å². The predicted molar refractivity (Wildman–Crippen MR) is 115 cm³/mol. The van der Waals surface area contributed by atoms with Gasteiger partial charge >= 0.3 is 0 Å². The third-order valence-electron chi connectivity index (χ3n) is 3.87. The number of rotatable bonds is 7. The normalized spacial score (nSPS) is 11.1. The van der Waals surface area contributed by atoms with E-state index in [1.165, 1.54) is 12.1 Å². The van der Waals surface area contributed by atoms with Crippen LogP contribution in [-0.2, 0) is 13.0 Å². The highest BCUT2D eigenvalue weighted by Gasteiger charge is 2.07. The van der Waals surface area contributed by atoms with Crippen molar-refractivity contribution >= 4 is 29.9 Å². The van der Waals surface area contributed by atoms with Gasteiger partial charge in [0.15, 0.2) is 5.96 Å². The third kappa shape index (κ3) is 6.38. The molecule has 27 heavy (non-hydrogen) atoms. The van der Waals surface area contributed by atoms with Crippen molar-refractivity contribution < 1.29 is 8.81 Å². The van der Waals surface area contributed by atoms with Crippen LogP contribution in [0.15, 0.2) is 64.5 Å². The molecule has 0 spiro atoms. The maximum Gasteiger partial charge on any atom is 0.226 e. The first-order valence-corrected chi connectivity index (χ1v) is 8.50. The molecule has 0 amide bonds. The zero-order valence-electron chi connectivity index (χ0n) is 15.1. The third-order valence-corrected chi connectivity index (χ3v) is 3.87. The molecule has 3 aromatic rings. The van der Waals surface area contributed by atoms with Crippen LogP contribution < -0.4 is 10.6 Å². The van der Waals surface area contributed by atoms with Crippen molar-refractivity contribution in [3.63, 3.8) is 0 Å². The lowest BCUT2D eigenvalue weighted by atomic mass is 10.2. The molecule has 2 N–H and O–H groups in total. The topological polar surface area (TPSA) is 67.4 Å². The SMILES string of the molecule is CN=C(NCCc1coc(-c2ccc(F)cc2)n1)NCCn1cccc1.I. The summed E-state index contributed by atoms with van der Waals surface area (Å²) in [6.07, 6.45) is 6.38. The molecule has 0 aliphatic heterocycles. The second kappa shape index (κ2) is 10.7. The zero-order valence-corrected chi connectivity index (χ0v) is 17.4. The number of halogens is 2. The minimum Gasteiger partial charge on any atom is -0.444 e. The maximum atomic E-state index is 13.0. The monoisotopic (exact) mass is 483 g/mol. The molecular formula is C19H23FIN5O. The molecule has 1 aromatic carbocycles. The van der Waals surface area contributed by atoms with Gasteiger partial charge in [0.25, 0.3) is 0 Å². The first-order chi connectivity index (χ1) is 12.7. The molecule has 8 heteroatoms. The van der Waals surface area contributed by atoms with Gasteiger partial charge in [0.1, 0.15) is 12.1 Å². The average Bonchev–Trinajstić information content (AvgIpc) is 3.33. The van der Waals surface area contributed by atoms with Gasteiger partial charge in [-0.25, -0.2) is 9.37 Å². The van der Waals surface area contributed by atoms with E-state index in [2.05, 4.69) is 25.2 Å². The minimum atomic E-state index is -0.277. The number of nitrogens with one attached hydrogen (secondary N) is 2. The van der Waals surface area contributed by atoms with E-state index >= 15 is 0 Å². The first-order valence-electron chi connectivity index (χ1n) is 8.50. The van der Waals surface area contributed by atoms with Gasteiger partial charge in [0, 0.05) is 51.1 Å². The molecule has 2 heterocycles. The van der Waals surface area contributed by atoms with E-state index in [0.717, 1.165) is 30.3 Å². The minimum absolute atomic E-state index is 0. The van der Waals surface area contributed by atoms with Gasteiger partial charge < -0.3 is 19.6 Å². The molecule has 3 rings (SSSR count). The van der Waals surface area contributed by atoms with Crippen molar-refractivity contribution in [3.05, 3.63) is 66.6 Å². The van der Waals surface area contributed by atoms with Gasteiger partial charge in [0.05, 0.1) is 5.69 Å². The Morgan fingerprint density at radius 1 is 1.15 bits per heavy atom. The van der Waals surface area contributed by atoms with Gasteiger partial charge in [-0.05, 0) is 36.4 Å². The van der Waals surface area contributed by atoms with Crippen molar-refractivity contribution in [2.75, 3.05) is 20.1 Å². The van der Waals surface area contributed by atoms with Crippen LogP contribution in [0, 0.1) is 5.82 Å². The number of aliphatic imine (C=N–C) groups is 1. The van der Waals surface area contributed by atoms with Crippen molar-refractivity contribution in [2.45, 2.75) is 13.0 Å². The lowest BCUT2D eigenvalue weighted by Crippen LogP contribution is -2.39. The molecule has 0 bridgehead atoms. The van der Waals surface area contributed by atoms with Gasteiger partial charge in [-0.2, -0.15) is 0 Å². The van der Waals surface area contributed by atoms with E-state index in [4.69, 9.17) is 4.42 Å². The number of nitrogens with zero attached hydrogens (tertiary/aromatic N) is 3. The van der Waals surface area contributed by atoms with Crippen molar-refractivity contribution in [2.24, 2.45) is 4.99 Å². The molecule has 2 aromatic heterocycles. The summed E-state index contributed by atoms with van der Waals surface area (Å²) in [4.78, 5) is 8.64. The smallest absolute Gasteiger partial charge is 0.226 e. The molecule has 0 aliphatic rings. The standard InChI is InChI=1S/C19H22FN5O.HI/c1-21-19(23-10-13-25-11-2-3-12-25)22-9-8-17-14-26-18(24-17)15-4-6-16(20)7-5-15;/h2-7,11-12,14H,8-10,13H2,1H3,(H2,21,22,23);1H. The largest absolute Gasteiger partial charge is 0.444 e. The van der Waals surface area contributed by atoms with Gasteiger partial charge in [-0.3, -0.25) is 4.99 Å². The zero-order chi connectivity index (χ0) is 18.2. The fraction of sp³-hybridized carbons (Fsp3) is 0.263. The summed E-state index contributed by atoms with van der Waals surface area (Å²) < 4.78 is 20.5. The number of benzene rings is 1. The van der Waals surface area contributed by atoms with Crippen LogP contribution in [0.5, 0.6) is 0 Å². The predicted octanol–water partition coefficient (Wildman–Crippen LogP) is 3.31. The van der Waals surface area contributed by atoms with E-state index in [1.54, 1.807) is 25.4 Å². The molecule has 0 atom stereocenters. The average molecular weight is 483 g/mol. The highest BCUT2D eigenvalue weighted by Crippen LogP contribution is 2.18. The Hall–Kier alpha value is -2.36. The van der Waals surface area contributed by atoms with Crippen molar-refractivity contribution in [1.82, 2.24) is 20.2 Å². The fourth-order valence-corrected chi connectivity index (χ4v) is 2.50. The van der Waals surface area contributed by atoms with Crippen LogP contribution >= 0.6 is 24.0 Å². The van der Waals surface area contributed by atoms with Crippen LogP contribution in [0.4, 0.5) is 4.39 Å². The van der Waals surface area contributed by atoms with Crippen molar-refractivity contribution in [3.8, 4) is 11.5 Å². The molecule has 0 saturated carbocycles. The summed E-state index contributed by atoms with van der Waals surface area (Å²) in [7, 11) is 1.74. The van der Waals surface area contributed by atoms with Gasteiger partial charge in [-0.1, -0.05) is 0 Å². The van der Waals surface area contributed by atoms with E-state index in [1.807, 2.05) is 24.5 Å². The Balaban J connectivity index is 0.00000261. The van der Waals surface area contributed by atoms with E-state index < -0.39 is 0 Å². The number of hydrogen-bond acceptors (Lipinski definition) is 3. The number of oxazole rings is 1. The van der Waals surface area contributed by atoms with Crippen molar-refractivity contribution in [1.29, 1.82) is 0 Å². The van der Waals surface area contributed by atoms with E-state index in [-0.39, 0.29) is 29.8 Å². The molecular weight excluding hydrogens is 460 g/mol. The molecule has 0 fully saturated rings. The first kappa shape index (κ1) is 20.9. The van der Waals surface area contributed by atoms with Crippen LogP contribution in [0.2, 0.25) is 0 Å². The second-order valence-electron chi connectivity index (χ2n) is 5.75. The Labute approximate surface area is 174 Å². The van der Waals surface area contributed by atoms with Crippen LogP contribution in [0.3, 0.4) is 0 Å². The summed E-state index contributed by atoms with van der Waals surface area (Å²) in [6, 6.07) is 10.1. The van der Waals surface area contributed by atoms with Crippen LogP contribution in [0.25, 0.3) is 11.5 Å². The van der Waals surface area contributed by atoms with E-state index in [9.17, 15) is 4.39 Å². The molecule has 0 saturated heterocycles. The number of aromatic nitrogens is 2. The fourth-order valence-electron chi connectivity index (χ4n) is 2.50. The Bertz CT molecular complexity index is 830. The summed E-state index contributed by atoms with van der Waals surface area (Å²) in [5.41, 5.74) is 1.59. The number of hydrogen-bond donors (Lipinski definition) is 2. The summed E-state index contributed by atoms with van der Waals surface area (Å²) in [5.74, 6) is 0.967. The summed E-state index contributed by atoms with van der Waals surface area (Å²) >= 11 is 0. The maximum absolute atomic E-state index is 13.0. The summed E-state index contributed by atoms with van der Waals surface area (Å²) in [5, 5.41) is 6.52. The van der Waals surface area contributed by atoms with Crippen LogP contribution in [-0.4, -0.2) is 35.6 Å². The number of guanidine groups is 1. The highest BCUT2D eigenvalue weighted by atomic mass is 127. The Morgan fingerprint density at radius 2 is 1.85 bits per heavy atom. The second-order valence-corrected chi connectivity index (χ2v) is 5.75. The lowest BCUT2D eigenvalue weighted by molar-refractivity contribution is 0.571.